The monoisotopic (exact) mass is 268 g/mol. The van der Waals surface area contributed by atoms with E-state index in [0.29, 0.717) is 18.3 Å². The first-order valence-electron chi connectivity index (χ1n) is 7.31. The largest absolute Gasteiger partial charge is 0.481 e. The number of carboxylic acid groups (broad SMARTS) is 1. The summed E-state index contributed by atoms with van der Waals surface area (Å²) in [6, 6.07) is 0.0391. The topological polar surface area (TPSA) is 83.6 Å². The van der Waals surface area contributed by atoms with Gasteiger partial charge < -0.3 is 15.7 Å². The average molecular weight is 268 g/mol. The van der Waals surface area contributed by atoms with Gasteiger partial charge in [-0.05, 0) is 43.9 Å². The van der Waals surface area contributed by atoms with Crippen molar-refractivity contribution >= 4 is 11.9 Å². The quantitative estimate of drug-likeness (QED) is 0.758. The van der Waals surface area contributed by atoms with Crippen LogP contribution >= 0.6 is 0 Å². The number of hydrogen-bond acceptors (Lipinski definition) is 3. The number of carboxylic acids is 1. The minimum Gasteiger partial charge on any atom is -0.481 e. The van der Waals surface area contributed by atoms with Gasteiger partial charge in [0.1, 0.15) is 0 Å². The maximum absolute atomic E-state index is 12.1. The van der Waals surface area contributed by atoms with Crippen molar-refractivity contribution in [1.82, 2.24) is 4.90 Å². The number of carbonyl (C=O) groups is 2. The van der Waals surface area contributed by atoms with Crippen LogP contribution in [0.4, 0.5) is 0 Å². The molecule has 3 N–H and O–H groups in total. The molecule has 1 saturated heterocycles. The van der Waals surface area contributed by atoms with Crippen LogP contribution in [-0.2, 0) is 9.59 Å². The summed E-state index contributed by atoms with van der Waals surface area (Å²) < 4.78 is 0. The molecule has 19 heavy (non-hydrogen) atoms. The number of piperidine rings is 1. The van der Waals surface area contributed by atoms with Crippen LogP contribution < -0.4 is 5.73 Å². The summed E-state index contributed by atoms with van der Waals surface area (Å²) in [7, 11) is 0. The molecule has 5 heteroatoms. The minimum absolute atomic E-state index is 0.0391. The van der Waals surface area contributed by atoms with E-state index in [2.05, 4.69) is 0 Å². The van der Waals surface area contributed by atoms with E-state index in [4.69, 9.17) is 10.8 Å². The molecular weight excluding hydrogens is 244 g/mol. The molecule has 1 atom stereocenters. The van der Waals surface area contributed by atoms with Crippen molar-refractivity contribution in [2.45, 2.75) is 51.0 Å². The number of nitrogens with two attached hydrogens (primary N) is 1. The van der Waals surface area contributed by atoms with Crippen LogP contribution in [0.3, 0.4) is 0 Å². The maximum Gasteiger partial charge on any atom is 0.303 e. The molecule has 0 bridgehead atoms. The third-order valence-electron chi connectivity index (χ3n) is 4.37. The number of rotatable bonds is 6. The van der Waals surface area contributed by atoms with Gasteiger partial charge in [0, 0.05) is 32.0 Å². The van der Waals surface area contributed by atoms with Crippen molar-refractivity contribution in [2.24, 2.45) is 17.6 Å². The molecule has 1 amide bonds. The summed E-state index contributed by atoms with van der Waals surface area (Å²) >= 11 is 0. The Hall–Kier alpha value is -1.10. The smallest absolute Gasteiger partial charge is 0.303 e. The summed E-state index contributed by atoms with van der Waals surface area (Å²) in [4.78, 5) is 24.5. The van der Waals surface area contributed by atoms with Crippen LogP contribution in [0.5, 0.6) is 0 Å². The lowest BCUT2D eigenvalue weighted by molar-refractivity contribution is -0.138. The van der Waals surface area contributed by atoms with Crippen molar-refractivity contribution in [3.63, 3.8) is 0 Å². The van der Waals surface area contributed by atoms with Gasteiger partial charge in [-0.25, -0.2) is 0 Å². The summed E-state index contributed by atoms with van der Waals surface area (Å²) in [5.41, 5.74) is 5.98. The van der Waals surface area contributed by atoms with Crippen molar-refractivity contribution < 1.29 is 14.7 Å². The predicted molar refractivity (Wildman–Crippen MR) is 71.5 cm³/mol. The van der Waals surface area contributed by atoms with Gasteiger partial charge in [0.25, 0.3) is 0 Å². The standard InChI is InChI=1S/C14H24N2O3/c15-12(11-2-3-11)9-13(17)16-7-5-10(6-8-16)1-4-14(18)19/h10-12H,1-9,15H2,(H,18,19). The fourth-order valence-electron chi connectivity index (χ4n) is 2.82. The van der Waals surface area contributed by atoms with Crippen LogP contribution in [0.25, 0.3) is 0 Å². The van der Waals surface area contributed by atoms with E-state index in [0.717, 1.165) is 32.4 Å². The molecule has 5 nitrogen and oxygen atoms in total. The Bertz CT molecular complexity index is 334. The zero-order valence-corrected chi connectivity index (χ0v) is 11.4. The third-order valence-corrected chi connectivity index (χ3v) is 4.37. The van der Waals surface area contributed by atoms with Gasteiger partial charge in [-0.3, -0.25) is 9.59 Å². The van der Waals surface area contributed by atoms with Crippen LogP contribution in [0.1, 0.15) is 44.9 Å². The maximum atomic E-state index is 12.1. The van der Waals surface area contributed by atoms with E-state index >= 15 is 0 Å². The normalized spacial score (nSPS) is 22.3. The van der Waals surface area contributed by atoms with Gasteiger partial charge in [0.2, 0.25) is 5.91 Å². The van der Waals surface area contributed by atoms with Crippen LogP contribution in [0, 0.1) is 11.8 Å². The molecular formula is C14H24N2O3. The minimum atomic E-state index is -0.728. The Balaban J connectivity index is 1.67. The Morgan fingerprint density at radius 2 is 1.84 bits per heavy atom. The first-order valence-corrected chi connectivity index (χ1v) is 7.31. The molecule has 1 unspecified atom stereocenters. The number of aliphatic carboxylic acids is 1. The van der Waals surface area contributed by atoms with Gasteiger partial charge >= 0.3 is 5.97 Å². The molecule has 0 aromatic carbocycles. The van der Waals surface area contributed by atoms with Crippen LogP contribution in [-0.4, -0.2) is 41.0 Å². The molecule has 0 aromatic heterocycles. The Morgan fingerprint density at radius 1 is 1.21 bits per heavy atom. The van der Waals surface area contributed by atoms with E-state index in [9.17, 15) is 9.59 Å². The molecule has 2 aliphatic rings. The first-order chi connectivity index (χ1) is 9.06. The van der Waals surface area contributed by atoms with E-state index in [1.807, 2.05) is 4.90 Å². The van der Waals surface area contributed by atoms with E-state index in [1.54, 1.807) is 0 Å². The molecule has 1 aliphatic heterocycles. The lowest BCUT2D eigenvalue weighted by atomic mass is 9.92. The number of amides is 1. The molecule has 2 rings (SSSR count). The molecule has 108 valence electrons. The molecule has 1 aliphatic carbocycles. The molecule has 1 saturated carbocycles. The van der Waals surface area contributed by atoms with Gasteiger partial charge in [-0.15, -0.1) is 0 Å². The van der Waals surface area contributed by atoms with Crippen LogP contribution in [0.2, 0.25) is 0 Å². The second-order valence-corrected chi connectivity index (χ2v) is 5.96. The number of likely N-dealkylation sites (tertiary alicyclic amines) is 1. The number of hydrogen-bond donors (Lipinski definition) is 2. The second kappa shape index (κ2) is 6.37. The summed E-state index contributed by atoms with van der Waals surface area (Å²) in [6.45, 7) is 1.53. The van der Waals surface area contributed by atoms with Gasteiger partial charge in [0.15, 0.2) is 0 Å². The van der Waals surface area contributed by atoms with E-state index < -0.39 is 5.97 Å². The van der Waals surface area contributed by atoms with Crippen molar-refractivity contribution in [2.75, 3.05) is 13.1 Å². The van der Waals surface area contributed by atoms with Gasteiger partial charge in [-0.1, -0.05) is 0 Å². The molecule has 0 radical (unpaired) electrons. The van der Waals surface area contributed by atoms with Crippen molar-refractivity contribution in [3.05, 3.63) is 0 Å². The SMILES string of the molecule is NC(CC(=O)N1CCC(CCC(=O)O)CC1)C1CC1. The van der Waals surface area contributed by atoms with Gasteiger partial charge in [-0.2, -0.15) is 0 Å². The summed E-state index contributed by atoms with van der Waals surface area (Å²) in [6.07, 6.45) is 5.65. The highest BCUT2D eigenvalue weighted by Gasteiger charge is 2.31. The van der Waals surface area contributed by atoms with Gasteiger partial charge in [0.05, 0.1) is 0 Å². The van der Waals surface area contributed by atoms with E-state index in [1.165, 1.54) is 12.8 Å². The summed E-state index contributed by atoms with van der Waals surface area (Å²) in [5, 5.41) is 8.66. The van der Waals surface area contributed by atoms with E-state index in [-0.39, 0.29) is 18.4 Å². The van der Waals surface area contributed by atoms with Crippen molar-refractivity contribution in [3.8, 4) is 0 Å². The van der Waals surface area contributed by atoms with Crippen molar-refractivity contribution in [1.29, 1.82) is 0 Å². The highest BCUT2D eigenvalue weighted by molar-refractivity contribution is 5.77. The summed E-state index contributed by atoms with van der Waals surface area (Å²) in [5.74, 6) is 0.472. The highest BCUT2D eigenvalue weighted by atomic mass is 16.4. The predicted octanol–water partition coefficient (Wildman–Crippen LogP) is 1.22. The fraction of sp³-hybridized carbons (Fsp3) is 0.857. The lowest BCUT2D eigenvalue weighted by Crippen LogP contribution is -2.41. The zero-order chi connectivity index (χ0) is 13.8. The second-order valence-electron chi connectivity index (χ2n) is 5.96. The number of carbonyl (C=O) groups excluding carboxylic acids is 1. The number of nitrogens with zero attached hydrogens (tertiary/aromatic N) is 1. The Labute approximate surface area is 114 Å². The lowest BCUT2D eigenvalue weighted by Gasteiger charge is -2.32. The average Bonchev–Trinajstić information content (AvgIpc) is 3.21. The molecule has 1 heterocycles. The molecule has 0 aromatic rings. The Kier molecular flexibility index (Phi) is 4.80. The molecule has 2 fully saturated rings. The van der Waals surface area contributed by atoms with Crippen LogP contribution in [0.15, 0.2) is 0 Å². The third kappa shape index (κ3) is 4.49. The molecule has 0 spiro atoms. The Morgan fingerprint density at radius 3 is 2.37 bits per heavy atom. The highest BCUT2D eigenvalue weighted by Crippen LogP contribution is 2.33. The zero-order valence-electron chi connectivity index (χ0n) is 11.4. The first kappa shape index (κ1) is 14.3. The fourth-order valence-corrected chi connectivity index (χ4v) is 2.82.